The highest BCUT2D eigenvalue weighted by atomic mass is 32.1. The van der Waals surface area contributed by atoms with Gasteiger partial charge in [0.2, 0.25) is 5.95 Å². The summed E-state index contributed by atoms with van der Waals surface area (Å²) in [5.41, 5.74) is 2.33. The lowest BCUT2D eigenvalue weighted by Crippen LogP contribution is -2.12. The molecule has 1 N–H and O–H groups in total. The lowest BCUT2D eigenvalue weighted by molar-refractivity contribution is 0.0524. The van der Waals surface area contributed by atoms with Crippen LogP contribution in [0.15, 0.2) is 23.0 Å². The minimum Gasteiger partial charge on any atom is -0.462 e. The van der Waals surface area contributed by atoms with E-state index in [-0.39, 0.29) is 5.97 Å². The van der Waals surface area contributed by atoms with Crippen molar-refractivity contribution >= 4 is 23.3 Å². The van der Waals surface area contributed by atoms with Gasteiger partial charge in [0.15, 0.2) is 0 Å². The van der Waals surface area contributed by atoms with E-state index in [0.717, 1.165) is 13.0 Å². The second-order valence-corrected chi connectivity index (χ2v) is 5.00. The average molecular weight is 291 g/mol. The Balaban J connectivity index is 1.93. The van der Waals surface area contributed by atoms with Crippen molar-refractivity contribution in [3.05, 3.63) is 39.8 Å². The van der Waals surface area contributed by atoms with Crippen molar-refractivity contribution in [1.29, 1.82) is 0 Å². The molecule has 0 aliphatic carbocycles. The Morgan fingerprint density at radius 1 is 1.50 bits per heavy atom. The lowest BCUT2D eigenvalue weighted by Gasteiger charge is -2.07. The smallest absolute Gasteiger partial charge is 0.341 e. The van der Waals surface area contributed by atoms with Crippen molar-refractivity contribution in [2.45, 2.75) is 20.3 Å². The van der Waals surface area contributed by atoms with E-state index in [2.05, 4.69) is 32.1 Å². The topological polar surface area (TPSA) is 64.1 Å². The van der Waals surface area contributed by atoms with Crippen LogP contribution < -0.4 is 5.32 Å². The fourth-order valence-electron chi connectivity index (χ4n) is 1.72. The average Bonchev–Trinajstić information content (AvgIpc) is 2.92. The number of nitrogens with zero attached hydrogens (tertiary/aromatic N) is 2. The summed E-state index contributed by atoms with van der Waals surface area (Å²) < 4.78 is 4.94. The summed E-state index contributed by atoms with van der Waals surface area (Å²) in [5.74, 6) is 0.153. The Bertz CT molecular complexity index is 570. The van der Waals surface area contributed by atoms with Crippen molar-refractivity contribution < 1.29 is 9.53 Å². The molecule has 0 spiro atoms. The van der Waals surface area contributed by atoms with Crippen LogP contribution in [-0.2, 0) is 11.2 Å². The fourth-order valence-corrected chi connectivity index (χ4v) is 2.42. The first kappa shape index (κ1) is 14.5. The molecule has 2 rings (SSSR count). The Kier molecular flexibility index (Phi) is 5.06. The number of thiophene rings is 1. The van der Waals surface area contributed by atoms with Gasteiger partial charge in [-0.1, -0.05) is 0 Å². The van der Waals surface area contributed by atoms with Crippen LogP contribution in [0.3, 0.4) is 0 Å². The Labute approximate surface area is 122 Å². The third kappa shape index (κ3) is 3.77. The number of nitrogens with one attached hydrogen (secondary N) is 1. The molecule has 106 valence electrons. The summed E-state index contributed by atoms with van der Waals surface area (Å²) in [6, 6.07) is 2.10. The molecule has 5 nitrogen and oxygen atoms in total. The van der Waals surface area contributed by atoms with Gasteiger partial charge in [0.05, 0.1) is 17.9 Å². The van der Waals surface area contributed by atoms with E-state index in [1.54, 1.807) is 25.2 Å². The van der Waals surface area contributed by atoms with Gasteiger partial charge in [0.1, 0.15) is 0 Å². The zero-order valence-corrected chi connectivity index (χ0v) is 12.4. The minimum absolute atomic E-state index is 0.346. The van der Waals surface area contributed by atoms with Gasteiger partial charge in [-0.2, -0.15) is 11.3 Å². The van der Waals surface area contributed by atoms with E-state index < -0.39 is 0 Å². The Hall–Kier alpha value is -1.95. The van der Waals surface area contributed by atoms with Crippen LogP contribution in [0.5, 0.6) is 0 Å². The monoisotopic (exact) mass is 291 g/mol. The van der Waals surface area contributed by atoms with Gasteiger partial charge >= 0.3 is 5.97 Å². The van der Waals surface area contributed by atoms with Gasteiger partial charge in [-0.3, -0.25) is 0 Å². The zero-order chi connectivity index (χ0) is 14.4. The van der Waals surface area contributed by atoms with Crippen LogP contribution in [0.4, 0.5) is 5.95 Å². The van der Waals surface area contributed by atoms with Gasteiger partial charge in [0, 0.05) is 12.7 Å². The van der Waals surface area contributed by atoms with Crippen LogP contribution in [0.25, 0.3) is 0 Å². The molecule has 20 heavy (non-hydrogen) atoms. The Morgan fingerprint density at radius 2 is 2.35 bits per heavy atom. The van der Waals surface area contributed by atoms with Gasteiger partial charge in [-0.15, -0.1) is 0 Å². The lowest BCUT2D eigenvalue weighted by atomic mass is 10.2. The van der Waals surface area contributed by atoms with Crippen LogP contribution in [0, 0.1) is 6.92 Å². The fraction of sp³-hybridized carbons (Fsp3) is 0.357. The minimum atomic E-state index is -0.380. The molecule has 2 heterocycles. The highest BCUT2D eigenvalue weighted by Crippen LogP contribution is 2.10. The molecule has 0 atom stereocenters. The summed E-state index contributed by atoms with van der Waals surface area (Å²) >= 11 is 1.69. The molecule has 2 aromatic rings. The number of aromatic nitrogens is 2. The van der Waals surface area contributed by atoms with E-state index in [4.69, 9.17) is 4.74 Å². The highest BCUT2D eigenvalue weighted by molar-refractivity contribution is 7.07. The highest BCUT2D eigenvalue weighted by Gasteiger charge is 2.12. The van der Waals surface area contributed by atoms with Crippen molar-refractivity contribution in [3.8, 4) is 0 Å². The molecule has 6 heteroatoms. The maximum absolute atomic E-state index is 11.6. The largest absolute Gasteiger partial charge is 0.462 e. The standard InChI is InChI=1S/C14H17N3O2S/c1-3-19-13(18)12-8-16-14(17-10(12)2)15-6-4-11-5-7-20-9-11/h5,7-9H,3-4,6H2,1-2H3,(H,15,16,17). The van der Waals surface area contributed by atoms with Crippen molar-refractivity contribution in [2.75, 3.05) is 18.5 Å². The summed E-state index contributed by atoms with van der Waals surface area (Å²) in [6.07, 6.45) is 2.43. The van der Waals surface area contributed by atoms with Crippen molar-refractivity contribution in [3.63, 3.8) is 0 Å². The molecule has 0 unspecified atom stereocenters. The first-order chi connectivity index (χ1) is 9.70. The number of hydrogen-bond donors (Lipinski definition) is 1. The number of ether oxygens (including phenoxy) is 1. The molecule has 0 aliphatic rings. The van der Waals surface area contributed by atoms with Crippen molar-refractivity contribution in [1.82, 2.24) is 9.97 Å². The van der Waals surface area contributed by atoms with Crippen LogP contribution in [-0.4, -0.2) is 29.1 Å². The van der Waals surface area contributed by atoms with E-state index >= 15 is 0 Å². The third-order valence-electron chi connectivity index (χ3n) is 2.75. The molecule has 2 aromatic heterocycles. The molecule has 0 radical (unpaired) electrons. The number of rotatable bonds is 6. The number of anilines is 1. The number of esters is 1. The van der Waals surface area contributed by atoms with Gasteiger partial charge in [-0.05, 0) is 42.7 Å². The predicted molar refractivity (Wildman–Crippen MR) is 79.2 cm³/mol. The van der Waals surface area contributed by atoms with Crippen LogP contribution in [0.2, 0.25) is 0 Å². The SMILES string of the molecule is CCOC(=O)c1cnc(NCCc2ccsc2)nc1C. The zero-order valence-electron chi connectivity index (χ0n) is 11.5. The number of carbonyl (C=O) groups excluding carboxylic acids is 1. The summed E-state index contributed by atoms with van der Waals surface area (Å²) in [7, 11) is 0. The maximum Gasteiger partial charge on any atom is 0.341 e. The molecule has 0 aromatic carbocycles. The van der Waals surface area contributed by atoms with Crippen molar-refractivity contribution in [2.24, 2.45) is 0 Å². The number of carbonyl (C=O) groups is 1. The molecule has 0 bridgehead atoms. The summed E-state index contributed by atoms with van der Waals surface area (Å²) in [6.45, 7) is 4.65. The molecular weight excluding hydrogens is 274 g/mol. The van der Waals surface area contributed by atoms with Gasteiger partial charge in [0.25, 0.3) is 0 Å². The second kappa shape index (κ2) is 7.00. The quantitative estimate of drug-likeness (QED) is 0.829. The molecule has 0 aliphatic heterocycles. The first-order valence-corrected chi connectivity index (χ1v) is 7.40. The summed E-state index contributed by atoms with van der Waals surface area (Å²) in [4.78, 5) is 20.0. The second-order valence-electron chi connectivity index (χ2n) is 4.22. The molecular formula is C14H17N3O2S. The number of aryl methyl sites for hydroxylation is 1. The van der Waals surface area contributed by atoms with Crippen LogP contribution in [0.1, 0.15) is 28.5 Å². The normalized spacial score (nSPS) is 10.3. The number of hydrogen-bond acceptors (Lipinski definition) is 6. The van der Waals surface area contributed by atoms with Gasteiger partial charge < -0.3 is 10.1 Å². The molecule has 0 fully saturated rings. The third-order valence-corrected chi connectivity index (χ3v) is 3.48. The van der Waals surface area contributed by atoms with E-state index in [1.165, 1.54) is 11.8 Å². The molecule has 0 amide bonds. The van der Waals surface area contributed by atoms with Crippen LogP contribution >= 0.6 is 11.3 Å². The van der Waals surface area contributed by atoms with Gasteiger partial charge in [-0.25, -0.2) is 14.8 Å². The van der Waals surface area contributed by atoms with E-state index in [1.807, 2.05) is 0 Å². The summed E-state index contributed by atoms with van der Waals surface area (Å²) in [5, 5.41) is 7.33. The molecule has 0 saturated heterocycles. The Morgan fingerprint density at radius 3 is 3.00 bits per heavy atom. The predicted octanol–water partition coefficient (Wildman–Crippen LogP) is 2.68. The maximum atomic E-state index is 11.6. The first-order valence-electron chi connectivity index (χ1n) is 6.46. The van der Waals surface area contributed by atoms with E-state index in [9.17, 15) is 4.79 Å². The molecule has 0 saturated carbocycles. The van der Waals surface area contributed by atoms with E-state index in [0.29, 0.717) is 23.8 Å².